The number of para-hydroxylation sites is 1. The fourth-order valence-corrected chi connectivity index (χ4v) is 4.76. The van der Waals surface area contributed by atoms with Crippen molar-refractivity contribution in [3.8, 4) is 11.5 Å². The number of nitrogens with one attached hydrogen (secondary N) is 2. The highest BCUT2D eigenvalue weighted by Gasteiger charge is 2.22. The Bertz CT molecular complexity index is 1110. The fourth-order valence-electron chi connectivity index (χ4n) is 4.76. The van der Waals surface area contributed by atoms with Crippen LogP contribution in [-0.2, 0) is 6.54 Å². The van der Waals surface area contributed by atoms with E-state index in [1.54, 1.807) is 13.2 Å². The zero-order valence-corrected chi connectivity index (χ0v) is 20.5. The molecule has 34 heavy (non-hydrogen) atoms. The van der Waals surface area contributed by atoms with Gasteiger partial charge < -0.3 is 25.0 Å². The summed E-state index contributed by atoms with van der Waals surface area (Å²) in [5, 5.41) is 8.26. The maximum absolute atomic E-state index is 14.4. The molecule has 0 bridgehead atoms. The lowest BCUT2D eigenvalue weighted by atomic mass is 9.86. The smallest absolute Gasteiger partial charge is 0.163 e. The van der Waals surface area contributed by atoms with Gasteiger partial charge in [0, 0.05) is 55.5 Å². The van der Waals surface area contributed by atoms with Gasteiger partial charge >= 0.3 is 0 Å². The molecule has 6 nitrogen and oxygen atoms in total. The molecule has 3 aromatic rings. The number of rotatable bonds is 9. The molecule has 0 aliphatic heterocycles. The highest BCUT2D eigenvalue weighted by Crippen LogP contribution is 2.31. The van der Waals surface area contributed by atoms with Crippen molar-refractivity contribution in [3.63, 3.8) is 0 Å². The van der Waals surface area contributed by atoms with Crippen LogP contribution in [0.4, 0.5) is 15.9 Å². The lowest BCUT2D eigenvalue weighted by molar-refractivity contribution is 0.323. The third-order valence-corrected chi connectivity index (χ3v) is 6.68. The Hall–Kier alpha value is -3.06. The van der Waals surface area contributed by atoms with Gasteiger partial charge in [-0.15, -0.1) is 0 Å². The molecule has 0 atom stereocenters. The number of hydrogen-bond acceptors (Lipinski definition) is 6. The normalized spacial score (nSPS) is 18.0. The van der Waals surface area contributed by atoms with Crippen molar-refractivity contribution in [1.29, 1.82) is 0 Å². The zero-order valence-electron chi connectivity index (χ0n) is 20.5. The van der Waals surface area contributed by atoms with Gasteiger partial charge in [0.05, 0.1) is 19.7 Å². The van der Waals surface area contributed by atoms with E-state index in [2.05, 4.69) is 53.9 Å². The number of nitrogens with zero attached hydrogens (tertiary/aromatic N) is 2. The van der Waals surface area contributed by atoms with E-state index in [0.717, 1.165) is 43.6 Å². The number of benzene rings is 2. The minimum Gasteiger partial charge on any atom is -0.493 e. The van der Waals surface area contributed by atoms with Crippen molar-refractivity contribution in [1.82, 2.24) is 10.3 Å². The van der Waals surface area contributed by atoms with Crippen LogP contribution in [0.25, 0.3) is 10.9 Å². The number of anilines is 2. The molecule has 1 aliphatic carbocycles. The summed E-state index contributed by atoms with van der Waals surface area (Å²) in [7, 11) is 7.21. The SMILES string of the molecule is COc1cc(F)c(CNC[C@H]2CC[C@@H](Nc3cc(N(C)C)c4ccccc4n3)CC2)cc1OC. The second-order valence-electron chi connectivity index (χ2n) is 9.23. The number of halogens is 1. The largest absolute Gasteiger partial charge is 0.493 e. The van der Waals surface area contributed by atoms with E-state index in [-0.39, 0.29) is 5.82 Å². The van der Waals surface area contributed by atoms with Crippen molar-refractivity contribution < 1.29 is 13.9 Å². The van der Waals surface area contributed by atoms with Gasteiger partial charge in [-0.25, -0.2) is 9.37 Å². The summed E-state index contributed by atoms with van der Waals surface area (Å²) in [6.45, 7) is 1.35. The number of aromatic nitrogens is 1. The molecule has 4 rings (SSSR count). The van der Waals surface area contributed by atoms with Gasteiger partial charge in [0.2, 0.25) is 0 Å². The van der Waals surface area contributed by atoms with Gasteiger partial charge in [-0.3, -0.25) is 0 Å². The minimum atomic E-state index is -0.280. The second-order valence-corrected chi connectivity index (χ2v) is 9.23. The maximum atomic E-state index is 14.4. The predicted octanol–water partition coefficient (Wildman–Crippen LogP) is 5.22. The lowest BCUT2D eigenvalue weighted by Gasteiger charge is -2.30. The Morgan fingerprint density at radius 2 is 1.71 bits per heavy atom. The Morgan fingerprint density at radius 3 is 2.41 bits per heavy atom. The van der Waals surface area contributed by atoms with Gasteiger partial charge in [-0.1, -0.05) is 18.2 Å². The van der Waals surface area contributed by atoms with Crippen LogP contribution in [0.15, 0.2) is 42.5 Å². The molecule has 0 amide bonds. The van der Waals surface area contributed by atoms with Crippen LogP contribution < -0.4 is 25.0 Å². The molecule has 182 valence electrons. The Kier molecular flexibility index (Phi) is 7.73. The monoisotopic (exact) mass is 466 g/mol. The van der Waals surface area contributed by atoms with Crippen LogP contribution in [0.1, 0.15) is 31.2 Å². The van der Waals surface area contributed by atoms with Crippen molar-refractivity contribution in [2.24, 2.45) is 5.92 Å². The van der Waals surface area contributed by atoms with Gasteiger partial charge in [-0.2, -0.15) is 0 Å². The molecule has 0 saturated heterocycles. The summed E-state index contributed by atoms with van der Waals surface area (Å²) in [6, 6.07) is 13.9. The molecule has 0 unspecified atom stereocenters. The molecular formula is C27H35FN4O2. The van der Waals surface area contributed by atoms with Gasteiger partial charge in [0.15, 0.2) is 11.5 Å². The van der Waals surface area contributed by atoms with E-state index in [0.29, 0.717) is 35.6 Å². The third-order valence-electron chi connectivity index (χ3n) is 6.68. The Balaban J connectivity index is 1.29. The Morgan fingerprint density at radius 1 is 1.00 bits per heavy atom. The van der Waals surface area contributed by atoms with Crippen LogP contribution in [0.3, 0.4) is 0 Å². The minimum absolute atomic E-state index is 0.280. The van der Waals surface area contributed by atoms with E-state index in [1.807, 2.05) is 6.07 Å². The molecule has 1 fully saturated rings. The fraction of sp³-hybridized carbons (Fsp3) is 0.444. The summed E-state index contributed by atoms with van der Waals surface area (Å²) in [5.74, 6) is 2.20. The number of methoxy groups -OCH3 is 2. The molecule has 1 aromatic heterocycles. The zero-order chi connectivity index (χ0) is 24.1. The number of pyridine rings is 1. The number of ether oxygens (including phenoxy) is 2. The molecule has 1 aliphatic rings. The highest BCUT2D eigenvalue weighted by atomic mass is 19.1. The summed E-state index contributed by atoms with van der Waals surface area (Å²) >= 11 is 0. The topological polar surface area (TPSA) is 58.7 Å². The van der Waals surface area contributed by atoms with Crippen molar-refractivity contribution in [2.75, 3.05) is 45.1 Å². The van der Waals surface area contributed by atoms with Gasteiger partial charge in [0.25, 0.3) is 0 Å². The summed E-state index contributed by atoms with van der Waals surface area (Å²) < 4.78 is 24.8. The van der Waals surface area contributed by atoms with Crippen LogP contribution in [0, 0.1) is 11.7 Å². The van der Waals surface area contributed by atoms with E-state index in [4.69, 9.17) is 14.5 Å². The molecule has 1 saturated carbocycles. The standard InChI is InChI=1S/C27H35FN4O2/c1-32(2)24-15-27(31-23-8-6-5-7-21(23)24)30-20-11-9-18(10-12-20)16-29-17-19-13-25(33-3)26(34-4)14-22(19)28/h5-8,13-15,18,20,29H,9-12,16-17H2,1-4H3,(H,30,31)/t18-,20+. The first-order valence-corrected chi connectivity index (χ1v) is 11.9. The number of fused-ring (bicyclic) bond motifs is 1. The van der Waals surface area contributed by atoms with Gasteiger partial charge in [0.1, 0.15) is 11.6 Å². The first kappa shape index (κ1) is 24.1. The molecule has 7 heteroatoms. The molecule has 2 N–H and O–H groups in total. The molecule has 1 heterocycles. The summed E-state index contributed by atoms with van der Waals surface area (Å²) in [4.78, 5) is 6.98. The molecule has 0 spiro atoms. The van der Waals surface area contributed by atoms with E-state index >= 15 is 0 Å². The van der Waals surface area contributed by atoms with Crippen molar-refractivity contribution in [3.05, 3.63) is 53.8 Å². The van der Waals surface area contributed by atoms with Crippen LogP contribution in [-0.4, -0.2) is 45.9 Å². The van der Waals surface area contributed by atoms with Crippen molar-refractivity contribution >= 4 is 22.4 Å². The molecule has 2 aromatic carbocycles. The third kappa shape index (κ3) is 5.53. The van der Waals surface area contributed by atoms with E-state index < -0.39 is 0 Å². The maximum Gasteiger partial charge on any atom is 0.163 e. The number of hydrogen-bond donors (Lipinski definition) is 2. The van der Waals surface area contributed by atoms with E-state index in [1.165, 1.54) is 24.2 Å². The van der Waals surface area contributed by atoms with Gasteiger partial charge in [-0.05, 0) is 50.3 Å². The van der Waals surface area contributed by atoms with Crippen molar-refractivity contribution in [2.45, 2.75) is 38.3 Å². The average Bonchev–Trinajstić information content (AvgIpc) is 2.85. The molecule has 0 radical (unpaired) electrons. The van der Waals surface area contributed by atoms with E-state index in [9.17, 15) is 4.39 Å². The van der Waals surface area contributed by atoms with Crippen LogP contribution >= 0.6 is 0 Å². The lowest BCUT2D eigenvalue weighted by Crippen LogP contribution is -2.31. The first-order chi connectivity index (χ1) is 16.5. The quantitative estimate of drug-likeness (QED) is 0.451. The summed E-state index contributed by atoms with van der Waals surface area (Å²) in [6.07, 6.45) is 4.46. The first-order valence-electron chi connectivity index (χ1n) is 11.9. The van der Waals surface area contributed by atoms with Crippen LogP contribution in [0.2, 0.25) is 0 Å². The van der Waals surface area contributed by atoms with Crippen LogP contribution in [0.5, 0.6) is 11.5 Å². The second kappa shape index (κ2) is 10.9. The Labute approximate surface area is 201 Å². The predicted molar refractivity (Wildman–Crippen MR) is 137 cm³/mol. The molecular weight excluding hydrogens is 431 g/mol. The highest BCUT2D eigenvalue weighted by molar-refractivity contribution is 5.93. The summed E-state index contributed by atoms with van der Waals surface area (Å²) in [5.41, 5.74) is 2.77. The average molecular weight is 467 g/mol.